The van der Waals surface area contributed by atoms with Crippen LogP contribution in [0.3, 0.4) is 0 Å². The number of thioether (sulfide) groups is 1. The molecular formula is C22H19N5O2S. The molecular weight excluding hydrogens is 398 g/mol. The van der Waals surface area contributed by atoms with Crippen LogP contribution in [0.5, 0.6) is 0 Å². The van der Waals surface area contributed by atoms with E-state index in [9.17, 15) is 4.79 Å². The molecule has 0 aliphatic heterocycles. The largest absolute Gasteiger partial charge is 0.361 e. The average Bonchev–Trinajstić information content (AvgIpc) is 3.33. The molecule has 0 saturated carbocycles. The molecule has 0 aliphatic carbocycles. The minimum absolute atomic E-state index is 0.0726. The molecule has 0 N–H and O–H groups in total. The molecule has 5 rings (SSSR count). The Kier molecular flexibility index (Phi) is 4.63. The zero-order valence-corrected chi connectivity index (χ0v) is 17.4. The van der Waals surface area contributed by atoms with E-state index in [1.165, 1.54) is 0 Å². The topological polar surface area (TPSA) is 78.2 Å². The predicted octanol–water partition coefficient (Wildman–Crippen LogP) is 3.99. The van der Waals surface area contributed by atoms with Gasteiger partial charge in [-0.2, -0.15) is 0 Å². The molecule has 3 aromatic heterocycles. The summed E-state index contributed by atoms with van der Waals surface area (Å²) in [6, 6.07) is 17.5. The monoisotopic (exact) mass is 417 g/mol. The maximum atomic E-state index is 13.2. The fourth-order valence-corrected chi connectivity index (χ4v) is 4.67. The van der Waals surface area contributed by atoms with Gasteiger partial charge in [-0.15, -0.1) is 10.2 Å². The summed E-state index contributed by atoms with van der Waals surface area (Å²) in [5, 5.41) is 14.2. The highest BCUT2D eigenvalue weighted by Gasteiger charge is 2.18. The number of rotatable bonds is 5. The van der Waals surface area contributed by atoms with Crippen LogP contribution in [0.15, 0.2) is 69.1 Å². The number of para-hydroxylation sites is 1. The smallest absolute Gasteiger partial charge is 0.263 e. The number of nitrogens with zero attached hydrogens (tertiary/aromatic N) is 5. The third-order valence-corrected chi connectivity index (χ3v) is 6.14. The van der Waals surface area contributed by atoms with E-state index in [2.05, 4.69) is 15.4 Å². The molecule has 0 spiro atoms. The summed E-state index contributed by atoms with van der Waals surface area (Å²) in [6.07, 6.45) is 0. The van der Waals surface area contributed by atoms with Gasteiger partial charge in [0.25, 0.3) is 5.56 Å². The van der Waals surface area contributed by atoms with Gasteiger partial charge in [0.1, 0.15) is 5.76 Å². The lowest BCUT2D eigenvalue weighted by Gasteiger charge is -2.11. The first kappa shape index (κ1) is 18.6. The summed E-state index contributed by atoms with van der Waals surface area (Å²) >= 11 is 1.55. The van der Waals surface area contributed by atoms with Gasteiger partial charge in [0.2, 0.25) is 5.78 Å². The van der Waals surface area contributed by atoms with Crippen LogP contribution in [0.2, 0.25) is 0 Å². The second-order valence-electron chi connectivity index (χ2n) is 7.10. The fraction of sp³-hybridized carbons (Fsp3) is 0.182. The van der Waals surface area contributed by atoms with Crippen LogP contribution < -0.4 is 5.56 Å². The van der Waals surface area contributed by atoms with Gasteiger partial charge in [-0.3, -0.25) is 13.8 Å². The van der Waals surface area contributed by atoms with E-state index in [1.807, 2.05) is 72.8 Å². The summed E-state index contributed by atoms with van der Waals surface area (Å²) in [5.74, 6) is 2.00. The Labute approximate surface area is 176 Å². The van der Waals surface area contributed by atoms with E-state index < -0.39 is 0 Å². The van der Waals surface area contributed by atoms with Gasteiger partial charge in [0, 0.05) is 11.3 Å². The van der Waals surface area contributed by atoms with E-state index >= 15 is 0 Å². The van der Waals surface area contributed by atoms with Crippen LogP contribution in [0.4, 0.5) is 0 Å². The van der Waals surface area contributed by atoms with E-state index in [-0.39, 0.29) is 5.56 Å². The van der Waals surface area contributed by atoms with E-state index in [0.717, 1.165) is 33.3 Å². The molecule has 30 heavy (non-hydrogen) atoms. The summed E-state index contributed by atoms with van der Waals surface area (Å²) in [5.41, 5.74) is 3.69. The lowest BCUT2D eigenvalue weighted by Crippen LogP contribution is -2.24. The molecule has 5 aromatic rings. The normalized spacial score (nSPS) is 11.5. The standard InChI is InChI=1S/C22H19N5O2S/c1-14-18(15(2)29-25-14)13-30-22-24-23-21-26(12-16-8-4-3-5-9-16)20(28)17-10-6-7-11-19(17)27(21)22/h3-11H,12-13H2,1-2H3. The van der Waals surface area contributed by atoms with Crippen molar-refractivity contribution in [1.29, 1.82) is 0 Å². The Morgan fingerprint density at radius 3 is 2.53 bits per heavy atom. The lowest BCUT2D eigenvalue weighted by atomic mass is 10.2. The highest BCUT2D eigenvalue weighted by molar-refractivity contribution is 7.98. The summed E-state index contributed by atoms with van der Waals surface area (Å²) < 4.78 is 8.92. The Morgan fingerprint density at radius 2 is 1.77 bits per heavy atom. The first-order valence-electron chi connectivity index (χ1n) is 9.58. The summed E-state index contributed by atoms with van der Waals surface area (Å²) in [6.45, 7) is 4.27. The van der Waals surface area contributed by atoms with E-state index in [0.29, 0.717) is 23.5 Å². The van der Waals surface area contributed by atoms with Crippen LogP contribution in [-0.2, 0) is 12.3 Å². The molecule has 0 saturated heterocycles. The van der Waals surface area contributed by atoms with Crippen LogP contribution in [-0.4, -0.2) is 24.3 Å². The van der Waals surface area contributed by atoms with Gasteiger partial charge < -0.3 is 4.52 Å². The number of hydrogen-bond acceptors (Lipinski definition) is 6. The Morgan fingerprint density at radius 1 is 1.00 bits per heavy atom. The minimum Gasteiger partial charge on any atom is -0.361 e. The van der Waals surface area contributed by atoms with Gasteiger partial charge in [-0.25, -0.2) is 0 Å². The molecule has 0 amide bonds. The van der Waals surface area contributed by atoms with E-state index in [1.54, 1.807) is 16.3 Å². The molecule has 7 nitrogen and oxygen atoms in total. The lowest BCUT2D eigenvalue weighted by molar-refractivity contribution is 0.392. The third kappa shape index (κ3) is 3.09. The van der Waals surface area contributed by atoms with Crippen molar-refractivity contribution in [3.05, 3.63) is 87.5 Å². The quantitative estimate of drug-likeness (QED) is 0.403. The highest BCUT2D eigenvalue weighted by atomic mass is 32.2. The van der Waals surface area contributed by atoms with Gasteiger partial charge in [-0.05, 0) is 31.5 Å². The zero-order valence-electron chi connectivity index (χ0n) is 16.6. The summed E-state index contributed by atoms with van der Waals surface area (Å²) in [7, 11) is 0. The second-order valence-corrected chi connectivity index (χ2v) is 8.05. The van der Waals surface area contributed by atoms with Gasteiger partial charge in [-0.1, -0.05) is 59.4 Å². The molecule has 8 heteroatoms. The van der Waals surface area contributed by atoms with Crippen molar-refractivity contribution in [1.82, 2.24) is 24.3 Å². The molecule has 0 aliphatic rings. The second kappa shape index (κ2) is 7.46. The van der Waals surface area contributed by atoms with Crippen molar-refractivity contribution in [2.75, 3.05) is 0 Å². The third-order valence-electron chi connectivity index (χ3n) is 5.19. The number of hydrogen-bond donors (Lipinski definition) is 0. The van der Waals surface area contributed by atoms with Gasteiger partial charge in [0.15, 0.2) is 5.16 Å². The van der Waals surface area contributed by atoms with Crippen molar-refractivity contribution in [2.45, 2.75) is 31.3 Å². The highest BCUT2D eigenvalue weighted by Crippen LogP contribution is 2.27. The molecule has 150 valence electrons. The maximum absolute atomic E-state index is 13.2. The molecule has 0 unspecified atom stereocenters. The van der Waals surface area contributed by atoms with Crippen LogP contribution in [0, 0.1) is 13.8 Å². The van der Waals surface area contributed by atoms with Crippen molar-refractivity contribution in [3.8, 4) is 0 Å². The SMILES string of the molecule is Cc1noc(C)c1CSc1nnc2n(Cc3ccccc3)c(=O)c3ccccc3n12. The van der Waals surface area contributed by atoms with Crippen LogP contribution in [0.25, 0.3) is 16.7 Å². The Bertz CT molecular complexity index is 1400. The molecule has 0 fully saturated rings. The number of benzene rings is 2. The molecule has 2 aromatic carbocycles. The zero-order chi connectivity index (χ0) is 20.7. The molecule has 3 heterocycles. The van der Waals surface area contributed by atoms with E-state index in [4.69, 9.17) is 4.52 Å². The van der Waals surface area contributed by atoms with Crippen LogP contribution >= 0.6 is 11.8 Å². The Hall–Kier alpha value is -3.39. The predicted molar refractivity (Wildman–Crippen MR) is 116 cm³/mol. The van der Waals surface area contributed by atoms with Gasteiger partial charge in [0.05, 0.1) is 23.1 Å². The molecule has 0 bridgehead atoms. The molecule has 0 radical (unpaired) electrons. The van der Waals surface area contributed by atoms with Crippen molar-refractivity contribution in [2.24, 2.45) is 0 Å². The first-order valence-corrected chi connectivity index (χ1v) is 10.6. The Balaban J connectivity index is 1.66. The number of aryl methyl sites for hydroxylation is 2. The van der Waals surface area contributed by atoms with Crippen LogP contribution in [0.1, 0.15) is 22.6 Å². The fourth-order valence-electron chi connectivity index (χ4n) is 3.58. The maximum Gasteiger partial charge on any atom is 0.263 e. The average molecular weight is 417 g/mol. The first-order chi connectivity index (χ1) is 14.6. The van der Waals surface area contributed by atoms with Crippen molar-refractivity contribution in [3.63, 3.8) is 0 Å². The summed E-state index contributed by atoms with van der Waals surface area (Å²) in [4.78, 5) is 13.2. The van der Waals surface area contributed by atoms with Gasteiger partial charge >= 0.3 is 0 Å². The van der Waals surface area contributed by atoms with Crippen molar-refractivity contribution < 1.29 is 4.52 Å². The minimum atomic E-state index is -0.0726. The molecule has 0 atom stereocenters. The number of fused-ring (bicyclic) bond motifs is 3. The van der Waals surface area contributed by atoms with Crippen molar-refractivity contribution >= 4 is 28.4 Å². The number of aromatic nitrogens is 5.